The Labute approximate surface area is 173 Å². The number of hydrogen-bond acceptors (Lipinski definition) is 3. The van der Waals surface area contributed by atoms with Crippen LogP contribution < -0.4 is 5.32 Å². The average molecular weight is 400 g/mol. The molecule has 29 heavy (non-hydrogen) atoms. The topological polar surface area (TPSA) is 69.7 Å². The molecule has 3 rings (SSSR count). The van der Waals surface area contributed by atoms with Crippen LogP contribution in [-0.2, 0) is 14.4 Å². The third-order valence-electron chi connectivity index (χ3n) is 6.25. The molecule has 3 amide bonds. The van der Waals surface area contributed by atoms with Gasteiger partial charge in [0.15, 0.2) is 0 Å². The fraction of sp³-hybridized carbons (Fsp3) is 0.609. The van der Waals surface area contributed by atoms with Crippen LogP contribution in [0.15, 0.2) is 30.3 Å². The van der Waals surface area contributed by atoms with Gasteiger partial charge < -0.3 is 15.1 Å². The van der Waals surface area contributed by atoms with Gasteiger partial charge in [0.05, 0.1) is 12.5 Å². The zero-order valence-electron chi connectivity index (χ0n) is 17.6. The molecule has 1 aromatic rings. The number of likely N-dealkylation sites (tertiary alicyclic amines) is 2. The van der Waals surface area contributed by atoms with E-state index in [0.717, 1.165) is 44.3 Å². The fourth-order valence-electron chi connectivity index (χ4n) is 4.35. The van der Waals surface area contributed by atoms with E-state index in [2.05, 4.69) is 12.2 Å². The Morgan fingerprint density at radius 2 is 1.55 bits per heavy atom. The molecule has 0 aliphatic carbocycles. The molecule has 0 spiro atoms. The Hall–Kier alpha value is -2.37. The molecule has 1 N–H and O–H groups in total. The molecule has 0 aromatic heterocycles. The van der Waals surface area contributed by atoms with Gasteiger partial charge in [-0.05, 0) is 37.2 Å². The number of rotatable bonds is 5. The zero-order valence-corrected chi connectivity index (χ0v) is 17.6. The molecule has 0 bridgehead atoms. The summed E-state index contributed by atoms with van der Waals surface area (Å²) in [7, 11) is 0. The lowest BCUT2D eigenvalue weighted by Crippen LogP contribution is -2.46. The maximum absolute atomic E-state index is 12.9. The normalized spacial score (nSPS) is 19.7. The first-order chi connectivity index (χ1) is 13.9. The molecule has 2 heterocycles. The molecule has 1 aromatic carbocycles. The maximum atomic E-state index is 12.9. The van der Waals surface area contributed by atoms with Crippen LogP contribution in [0.5, 0.6) is 0 Å². The highest BCUT2D eigenvalue weighted by atomic mass is 16.2. The highest BCUT2D eigenvalue weighted by Gasteiger charge is 2.32. The summed E-state index contributed by atoms with van der Waals surface area (Å²) in [4.78, 5) is 41.1. The van der Waals surface area contributed by atoms with Crippen molar-refractivity contribution in [3.05, 3.63) is 35.9 Å². The van der Waals surface area contributed by atoms with Gasteiger partial charge in [0.2, 0.25) is 17.7 Å². The Morgan fingerprint density at radius 1 is 0.966 bits per heavy atom. The summed E-state index contributed by atoms with van der Waals surface area (Å²) in [6.45, 7) is 6.68. The number of nitrogens with zero attached hydrogens (tertiary/aromatic N) is 2. The van der Waals surface area contributed by atoms with Crippen LogP contribution in [0.25, 0.3) is 0 Å². The first-order valence-electron chi connectivity index (χ1n) is 10.8. The number of carbonyl (C=O) groups is 3. The Morgan fingerprint density at radius 3 is 2.14 bits per heavy atom. The van der Waals surface area contributed by atoms with E-state index < -0.39 is 0 Å². The van der Waals surface area contributed by atoms with E-state index in [9.17, 15) is 14.4 Å². The lowest BCUT2D eigenvalue weighted by molar-refractivity contribution is -0.142. The molecule has 1 atom stereocenters. The van der Waals surface area contributed by atoms with Crippen molar-refractivity contribution in [1.82, 2.24) is 15.1 Å². The van der Waals surface area contributed by atoms with Gasteiger partial charge in [-0.1, -0.05) is 37.3 Å². The van der Waals surface area contributed by atoms with Crippen molar-refractivity contribution in [3.8, 4) is 0 Å². The van der Waals surface area contributed by atoms with Gasteiger partial charge in [-0.15, -0.1) is 0 Å². The largest absolute Gasteiger partial charge is 0.349 e. The van der Waals surface area contributed by atoms with Crippen LogP contribution in [0.2, 0.25) is 0 Å². The minimum Gasteiger partial charge on any atom is -0.349 e. The van der Waals surface area contributed by atoms with E-state index in [1.54, 1.807) is 0 Å². The molecule has 2 saturated heterocycles. The third-order valence-corrected chi connectivity index (χ3v) is 6.25. The van der Waals surface area contributed by atoms with Gasteiger partial charge in [0.1, 0.15) is 0 Å². The van der Waals surface area contributed by atoms with Crippen molar-refractivity contribution in [2.75, 3.05) is 26.2 Å². The Balaban J connectivity index is 1.52. The summed E-state index contributed by atoms with van der Waals surface area (Å²) in [5, 5.41) is 2.89. The van der Waals surface area contributed by atoms with E-state index in [1.807, 2.05) is 40.1 Å². The van der Waals surface area contributed by atoms with Crippen LogP contribution >= 0.6 is 0 Å². The van der Waals surface area contributed by atoms with Gasteiger partial charge >= 0.3 is 0 Å². The molecule has 0 radical (unpaired) electrons. The number of carbonyl (C=O) groups excluding carboxylic acids is 3. The van der Waals surface area contributed by atoms with E-state index >= 15 is 0 Å². The number of amides is 3. The van der Waals surface area contributed by atoms with Crippen LogP contribution in [0, 0.1) is 11.8 Å². The Kier molecular flexibility index (Phi) is 7.29. The molecule has 0 saturated carbocycles. The molecule has 158 valence electrons. The molecule has 2 fully saturated rings. The van der Waals surface area contributed by atoms with Crippen molar-refractivity contribution in [1.29, 1.82) is 0 Å². The quantitative estimate of drug-likeness (QED) is 0.828. The maximum Gasteiger partial charge on any atom is 0.225 e. The number of benzene rings is 1. The number of nitrogens with one attached hydrogen (secondary N) is 1. The molecule has 6 heteroatoms. The summed E-state index contributed by atoms with van der Waals surface area (Å²) >= 11 is 0. The van der Waals surface area contributed by atoms with Crippen LogP contribution in [0.4, 0.5) is 0 Å². The van der Waals surface area contributed by atoms with Crippen molar-refractivity contribution in [2.24, 2.45) is 11.8 Å². The SMILES string of the molecule is CC(=O)NC(CC(=O)N1CCC(C(=O)N2CCC(C)CC2)CC1)c1ccccc1. The van der Waals surface area contributed by atoms with Gasteiger partial charge in [-0.2, -0.15) is 0 Å². The molecule has 6 nitrogen and oxygen atoms in total. The highest BCUT2D eigenvalue weighted by Crippen LogP contribution is 2.25. The van der Waals surface area contributed by atoms with Crippen molar-refractivity contribution in [2.45, 2.75) is 52.0 Å². The molecular formula is C23H33N3O3. The van der Waals surface area contributed by atoms with Gasteiger partial charge in [0.25, 0.3) is 0 Å². The molecule has 2 aliphatic rings. The van der Waals surface area contributed by atoms with Crippen LogP contribution in [0.1, 0.15) is 57.6 Å². The summed E-state index contributed by atoms with van der Waals surface area (Å²) in [6, 6.07) is 9.27. The molecule has 1 unspecified atom stereocenters. The number of hydrogen-bond donors (Lipinski definition) is 1. The summed E-state index contributed by atoms with van der Waals surface area (Å²) in [5.74, 6) is 0.897. The number of piperidine rings is 2. The second-order valence-corrected chi connectivity index (χ2v) is 8.53. The van der Waals surface area contributed by atoms with E-state index in [4.69, 9.17) is 0 Å². The van der Waals surface area contributed by atoms with Gasteiger partial charge in [-0.25, -0.2) is 0 Å². The van der Waals surface area contributed by atoms with Crippen LogP contribution in [0.3, 0.4) is 0 Å². The summed E-state index contributed by atoms with van der Waals surface area (Å²) < 4.78 is 0. The standard InChI is InChI=1S/C23H33N3O3/c1-17-8-12-26(13-9-17)23(29)20-10-14-25(15-11-20)22(28)16-21(24-18(2)27)19-6-4-3-5-7-19/h3-7,17,20-21H,8-16H2,1-2H3,(H,24,27). The van der Waals surface area contributed by atoms with Crippen molar-refractivity contribution < 1.29 is 14.4 Å². The third kappa shape index (κ3) is 5.81. The molecule has 2 aliphatic heterocycles. The van der Waals surface area contributed by atoms with E-state index in [0.29, 0.717) is 19.0 Å². The summed E-state index contributed by atoms with van der Waals surface area (Å²) in [6.07, 6.45) is 3.88. The first kappa shape index (κ1) is 21.3. The minimum absolute atomic E-state index is 0.0327. The summed E-state index contributed by atoms with van der Waals surface area (Å²) in [5.41, 5.74) is 0.931. The fourth-order valence-corrected chi connectivity index (χ4v) is 4.35. The van der Waals surface area contributed by atoms with Crippen LogP contribution in [-0.4, -0.2) is 53.7 Å². The predicted octanol–water partition coefficient (Wildman–Crippen LogP) is 2.75. The predicted molar refractivity (Wildman–Crippen MR) is 112 cm³/mol. The zero-order chi connectivity index (χ0) is 20.8. The van der Waals surface area contributed by atoms with Gasteiger partial charge in [-0.3, -0.25) is 14.4 Å². The average Bonchev–Trinajstić information content (AvgIpc) is 2.73. The van der Waals surface area contributed by atoms with Crippen molar-refractivity contribution >= 4 is 17.7 Å². The van der Waals surface area contributed by atoms with Crippen molar-refractivity contribution in [3.63, 3.8) is 0 Å². The second kappa shape index (κ2) is 9.90. The monoisotopic (exact) mass is 399 g/mol. The molecular weight excluding hydrogens is 366 g/mol. The van der Waals surface area contributed by atoms with Gasteiger partial charge in [0, 0.05) is 39.0 Å². The lowest BCUT2D eigenvalue weighted by atomic mass is 9.92. The van der Waals surface area contributed by atoms with E-state index in [1.165, 1.54) is 6.92 Å². The Bertz CT molecular complexity index is 705. The highest BCUT2D eigenvalue weighted by molar-refractivity contribution is 5.81. The second-order valence-electron chi connectivity index (χ2n) is 8.53. The lowest BCUT2D eigenvalue weighted by Gasteiger charge is -2.37. The van der Waals surface area contributed by atoms with E-state index in [-0.39, 0.29) is 36.1 Å². The first-order valence-corrected chi connectivity index (χ1v) is 10.8. The smallest absolute Gasteiger partial charge is 0.225 e. The minimum atomic E-state index is -0.323.